The molecule has 0 aliphatic heterocycles. The number of hydrogen-bond donors (Lipinski definition) is 2. The van der Waals surface area contributed by atoms with Gasteiger partial charge in [-0.15, -0.1) is 11.8 Å². The molecule has 4 nitrogen and oxygen atoms in total. The van der Waals surface area contributed by atoms with Crippen molar-refractivity contribution in [2.24, 2.45) is 0 Å². The van der Waals surface area contributed by atoms with Gasteiger partial charge in [-0.25, -0.2) is 0 Å². The fourth-order valence-corrected chi connectivity index (χ4v) is 0.941. The molecule has 0 aliphatic carbocycles. The molecule has 10 heavy (non-hydrogen) atoms. The number of carboxylic acids is 2. The molecule has 0 radical (unpaired) electrons. The smallest absolute Gasteiger partial charge is 0.317 e. The van der Waals surface area contributed by atoms with Gasteiger partial charge >= 0.3 is 11.9 Å². The highest BCUT2D eigenvalue weighted by molar-refractivity contribution is 7.99. The van der Waals surface area contributed by atoms with Gasteiger partial charge in [-0.1, -0.05) is 0 Å². The lowest BCUT2D eigenvalue weighted by molar-refractivity contribution is -0.142. The third-order valence-electron chi connectivity index (χ3n) is 0.920. The second-order valence-electron chi connectivity index (χ2n) is 1.66. The van der Waals surface area contributed by atoms with Crippen LogP contribution in [0.4, 0.5) is 0 Å². The van der Waals surface area contributed by atoms with Gasteiger partial charge in [0.15, 0.2) is 0 Å². The maximum atomic E-state index is 10.2. The Morgan fingerprint density at radius 3 is 2.10 bits per heavy atom. The first-order valence-corrected chi connectivity index (χ1v) is 3.84. The molecule has 0 fully saturated rings. The zero-order chi connectivity index (χ0) is 8.15. The monoisotopic (exact) mass is 164 g/mol. The molecule has 58 valence electrons. The van der Waals surface area contributed by atoms with Crippen LogP contribution < -0.4 is 0 Å². The molecule has 0 saturated heterocycles. The Kier molecular flexibility index (Phi) is 3.87. The molecule has 0 aliphatic rings. The van der Waals surface area contributed by atoms with Crippen LogP contribution in [0, 0.1) is 0 Å². The SMILES string of the molecule is CSC(CC(=O)O)C(=O)O. The number of hydrogen-bond acceptors (Lipinski definition) is 3. The highest BCUT2D eigenvalue weighted by Gasteiger charge is 2.18. The van der Waals surface area contributed by atoms with Gasteiger partial charge in [0, 0.05) is 0 Å². The summed E-state index contributed by atoms with van der Waals surface area (Å²) in [5.74, 6) is -2.16. The fourth-order valence-electron chi connectivity index (χ4n) is 0.430. The molecule has 0 aromatic carbocycles. The topological polar surface area (TPSA) is 74.6 Å². The van der Waals surface area contributed by atoms with Crippen LogP contribution >= 0.6 is 11.8 Å². The predicted molar refractivity (Wildman–Crippen MR) is 37.2 cm³/mol. The second-order valence-corrected chi connectivity index (χ2v) is 2.70. The highest BCUT2D eigenvalue weighted by Crippen LogP contribution is 2.10. The summed E-state index contributed by atoms with van der Waals surface area (Å²) in [6.45, 7) is 0. The van der Waals surface area contributed by atoms with Crippen molar-refractivity contribution >= 4 is 23.7 Å². The van der Waals surface area contributed by atoms with Crippen molar-refractivity contribution < 1.29 is 19.8 Å². The number of carboxylic acid groups (broad SMARTS) is 2. The van der Waals surface area contributed by atoms with E-state index in [9.17, 15) is 9.59 Å². The molecule has 0 saturated carbocycles. The quantitative estimate of drug-likeness (QED) is 0.624. The lowest BCUT2D eigenvalue weighted by Gasteiger charge is -2.03. The van der Waals surface area contributed by atoms with E-state index in [2.05, 4.69) is 0 Å². The van der Waals surface area contributed by atoms with Crippen LogP contribution in [0.5, 0.6) is 0 Å². The molecular weight excluding hydrogens is 156 g/mol. The van der Waals surface area contributed by atoms with Crippen molar-refractivity contribution in [2.75, 3.05) is 6.26 Å². The van der Waals surface area contributed by atoms with Gasteiger partial charge in [-0.3, -0.25) is 9.59 Å². The van der Waals surface area contributed by atoms with Gasteiger partial charge in [0.1, 0.15) is 5.25 Å². The van der Waals surface area contributed by atoms with Gasteiger partial charge < -0.3 is 10.2 Å². The average molecular weight is 164 g/mol. The Morgan fingerprint density at radius 1 is 1.50 bits per heavy atom. The van der Waals surface area contributed by atoms with E-state index in [1.165, 1.54) is 0 Å². The Hall–Kier alpha value is -0.710. The lowest BCUT2D eigenvalue weighted by Crippen LogP contribution is -2.19. The summed E-state index contributed by atoms with van der Waals surface area (Å²) in [6, 6.07) is 0. The summed E-state index contributed by atoms with van der Waals surface area (Å²) in [7, 11) is 0. The number of carbonyl (C=O) groups is 2. The van der Waals surface area contributed by atoms with Crippen molar-refractivity contribution in [2.45, 2.75) is 11.7 Å². The fraction of sp³-hybridized carbons (Fsp3) is 0.600. The van der Waals surface area contributed by atoms with Crippen LogP contribution in [0.2, 0.25) is 0 Å². The predicted octanol–water partition coefficient (Wildman–Crippen LogP) is 0.277. The van der Waals surface area contributed by atoms with Gasteiger partial charge in [-0.05, 0) is 6.26 Å². The maximum absolute atomic E-state index is 10.2. The Labute approximate surface area is 62.2 Å². The van der Waals surface area contributed by atoms with Gasteiger partial charge in [0.2, 0.25) is 0 Å². The van der Waals surface area contributed by atoms with Crippen LogP contribution in [-0.2, 0) is 9.59 Å². The lowest BCUT2D eigenvalue weighted by atomic mass is 10.3. The number of rotatable bonds is 4. The minimum absolute atomic E-state index is 0.323. The summed E-state index contributed by atoms with van der Waals surface area (Å²) in [5.41, 5.74) is 0. The molecule has 0 spiro atoms. The van der Waals surface area contributed by atoms with Crippen molar-refractivity contribution in [3.05, 3.63) is 0 Å². The molecular formula is C5H8O4S. The van der Waals surface area contributed by atoms with Gasteiger partial charge in [0.25, 0.3) is 0 Å². The Balaban J connectivity index is 3.83. The molecule has 1 atom stereocenters. The molecule has 2 N–H and O–H groups in total. The van der Waals surface area contributed by atoms with Crippen molar-refractivity contribution in [3.63, 3.8) is 0 Å². The van der Waals surface area contributed by atoms with E-state index < -0.39 is 17.2 Å². The highest BCUT2D eigenvalue weighted by atomic mass is 32.2. The first-order chi connectivity index (χ1) is 4.57. The van der Waals surface area contributed by atoms with Gasteiger partial charge in [-0.2, -0.15) is 0 Å². The maximum Gasteiger partial charge on any atom is 0.317 e. The van der Waals surface area contributed by atoms with Gasteiger partial charge in [0.05, 0.1) is 6.42 Å². The van der Waals surface area contributed by atoms with E-state index in [0.29, 0.717) is 0 Å². The van der Waals surface area contributed by atoms with Crippen molar-refractivity contribution in [3.8, 4) is 0 Å². The molecule has 0 rings (SSSR count). The molecule has 0 heterocycles. The summed E-state index contributed by atoms with van der Waals surface area (Å²) in [5, 5.41) is 15.7. The van der Waals surface area contributed by atoms with Crippen LogP contribution in [-0.4, -0.2) is 33.7 Å². The van der Waals surface area contributed by atoms with Crippen LogP contribution in [0.25, 0.3) is 0 Å². The van der Waals surface area contributed by atoms with Crippen LogP contribution in [0.3, 0.4) is 0 Å². The van der Waals surface area contributed by atoms with E-state index in [1.807, 2.05) is 0 Å². The molecule has 0 bridgehead atoms. The first-order valence-electron chi connectivity index (χ1n) is 2.55. The summed E-state index contributed by atoms with van der Waals surface area (Å²) >= 11 is 1.03. The van der Waals surface area contributed by atoms with E-state index in [4.69, 9.17) is 10.2 Å². The number of aliphatic carboxylic acids is 2. The standard InChI is InChI=1S/C5H8O4S/c1-10-3(5(8)9)2-4(6)7/h3H,2H2,1H3,(H,6,7)(H,8,9). The van der Waals surface area contributed by atoms with Crippen LogP contribution in [0.15, 0.2) is 0 Å². The van der Waals surface area contributed by atoms with E-state index >= 15 is 0 Å². The second kappa shape index (κ2) is 4.16. The minimum Gasteiger partial charge on any atom is -0.481 e. The third-order valence-corrected chi connectivity index (χ3v) is 1.86. The Morgan fingerprint density at radius 2 is 2.00 bits per heavy atom. The summed E-state index contributed by atoms with van der Waals surface area (Å²) in [4.78, 5) is 20.2. The van der Waals surface area contributed by atoms with E-state index in [1.54, 1.807) is 6.26 Å². The average Bonchev–Trinajstić information content (AvgIpc) is 1.81. The molecule has 1 unspecified atom stereocenters. The minimum atomic E-state index is -1.08. The van der Waals surface area contributed by atoms with E-state index in [0.717, 1.165) is 11.8 Å². The molecule has 0 amide bonds. The third kappa shape index (κ3) is 3.34. The van der Waals surface area contributed by atoms with Crippen molar-refractivity contribution in [1.82, 2.24) is 0 Å². The normalized spacial score (nSPS) is 12.5. The summed E-state index contributed by atoms with van der Waals surface area (Å²) < 4.78 is 0. The molecule has 5 heteroatoms. The van der Waals surface area contributed by atoms with E-state index in [-0.39, 0.29) is 6.42 Å². The summed E-state index contributed by atoms with van der Waals surface area (Å²) in [6.07, 6.45) is 1.25. The largest absolute Gasteiger partial charge is 0.481 e. The number of thioether (sulfide) groups is 1. The zero-order valence-electron chi connectivity index (χ0n) is 5.40. The first kappa shape index (κ1) is 9.29. The van der Waals surface area contributed by atoms with Crippen molar-refractivity contribution in [1.29, 1.82) is 0 Å². The molecule has 0 aromatic rings. The molecule has 0 aromatic heterocycles. The Bertz CT molecular complexity index is 145. The van der Waals surface area contributed by atoms with Crippen LogP contribution in [0.1, 0.15) is 6.42 Å². The zero-order valence-corrected chi connectivity index (χ0v) is 6.22.